The van der Waals surface area contributed by atoms with Gasteiger partial charge in [0.25, 0.3) is 0 Å². The van der Waals surface area contributed by atoms with Crippen molar-refractivity contribution in [2.45, 2.75) is 6.42 Å². The van der Waals surface area contributed by atoms with Crippen LogP contribution in [-0.4, -0.2) is 22.5 Å². The summed E-state index contributed by atoms with van der Waals surface area (Å²) in [5.74, 6) is 0. The summed E-state index contributed by atoms with van der Waals surface area (Å²) in [7, 11) is 0. The molecule has 0 heterocycles. The Morgan fingerprint density at radius 2 is 1.31 bits per heavy atom. The molecule has 0 aliphatic rings. The van der Waals surface area contributed by atoms with Crippen LogP contribution in [0.5, 0.6) is 0 Å². The van der Waals surface area contributed by atoms with Crippen molar-refractivity contribution in [2.75, 3.05) is 0 Å². The van der Waals surface area contributed by atoms with E-state index in [1.807, 2.05) is 0 Å². The van der Waals surface area contributed by atoms with Crippen LogP contribution < -0.4 is 3.58 Å². The van der Waals surface area contributed by atoms with E-state index in [0.29, 0.717) is 0 Å². The molecule has 16 heavy (non-hydrogen) atoms. The fourth-order valence-corrected chi connectivity index (χ4v) is 2.25. The van der Waals surface area contributed by atoms with Crippen molar-refractivity contribution >= 4 is 50.9 Å². The zero-order chi connectivity index (χ0) is 9.80. The zero-order valence-corrected chi connectivity index (χ0v) is 13.2. The molecule has 3 radical (unpaired) electrons. The summed E-state index contributed by atoms with van der Waals surface area (Å²) in [6.45, 7) is 0. The quantitative estimate of drug-likeness (QED) is 0.724. The van der Waals surface area contributed by atoms with Gasteiger partial charge in [0.1, 0.15) is 0 Å². The topological polar surface area (TPSA) is 0 Å². The molecule has 0 aliphatic heterocycles. The molecule has 2 aromatic rings. The molecule has 0 bridgehead atoms. The van der Waals surface area contributed by atoms with Gasteiger partial charge in [0.15, 0.2) is 0 Å². The summed E-state index contributed by atoms with van der Waals surface area (Å²) in [6, 6.07) is 19.3. The molecule has 3 heteroatoms. The molecule has 2 rings (SSSR count). The van der Waals surface area contributed by atoms with Crippen LogP contribution in [0.25, 0.3) is 0 Å². The van der Waals surface area contributed by atoms with Gasteiger partial charge in [0.2, 0.25) is 0 Å². The predicted octanol–water partition coefficient (Wildman–Crippen LogP) is 2.91. The van der Waals surface area contributed by atoms with E-state index in [1.165, 1.54) is 37.2 Å². The van der Waals surface area contributed by atoms with Crippen molar-refractivity contribution in [2.24, 2.45) is 0 Å². The molecular weight excluding hydrogens is 346 g/mol. The normalized spacial score (nSPS) is 8.81. The van der Waals surface area contributed by atoms with E-state index >= 15 is 0 Å². The average Bonchev–Trinajstić information content (AvgIpc) is 2.23. The van der Waals surface area contributed by atoms with Gasteiger partial charge in [-0.1, -0.05) is 0 Å². The van der Waals surface area contributed by atoms with E-state index in [-0.39, 0.29) is 24.8 Å². The van der Waals surface area contributed by atoms with E-state index in [1.54, 1.807) is 0 Å². The molecule has 0 nitrogen and oxygen atoms in total. The number of hydrogen-bond donors (Lipinski definition) is 0. The first kappa shape index (κ1) is 15.8. The van der Waals surface area contributed by atoms with Crippen molar-refractivity contribution in [1.29, 1.82) is 0 Å². The fourth-order valence-electron chi connectivity index (χ4n) is 1.49. The molecule has 0 aliphatic carbocycles. The first-order valence-corrected chi connectivity index (χ1v) is 6.12. The monoisotopic (exact) mass is 359 g/mol. The Morgan fingerprint density at radius 3 is 1.94 bits per heavy atom. The first-order chi connectivity index (χ1) is 6.86. The first-order valence-electron chi connectivity index (χ1n) is 4.70. The number of rotatable bonds is 2. The molecule has 0 atom stereocenters. The fraction of sp³-hybridized carbons (Fsp3) is 0.0769. The zero-order valence-electron chi connectivity index (χ0n) is 8.72. The third-order valence-electron chi connectivity index (χ3n) is 2.25. The summed E-state index contributed by atoms with van der Waals surface area (Å²) in [5.41, 5.74) is 2.85. The van der Waals surface area contributed by atoms with E-state index in [9.17, 15) is 0 Å². The Kier molecular flexibility index (Phi) is 7.90. The van der Waals surface area contributed by atoms with Crippen LogP contribution in [-0.2, 0) is 6.42 Å². The standard InChI is InChI=1S/C13H11.2ClH.Sn/c1-3-7-12(8-4-1)11-13-9-5-2-6-10-13;;;/h1-9H,11H2;2*1H;. The Balaban J connectivity index is 0.00000112. The van der Waals surface area contributed by atoms with E-state index in [4.69, 9.17) is 0 Å². The van der Waals surface area contributed by atoms with Gasteiger partial charge in [-0.2, -0.15) is 0 Å². The summed E-state index contributed by atoms with van der Waals surface area (Å²) in [6.07, 6.45) is 1.06. The average molecular weight is 359 g/mol. The Bertz CT molecular complexity index is 415. The van der Waals surface area contributed by atoms with Gasteiger partial charge in [-0.25, -0.2) is 0 Å². The van der Waals surface area contributed by atoms with Crippen molar-refractivity contribution < 1.29 is 0 Å². The summed E-state index contributed by atoms with van der Waals surface area (Å²) in [4.78, 5) is 0. The Morgan fingerprint density at radius 1 is 0.750 bits per heavy atom. The van der Waals surface area contributed by atoms with Gasteiger partial charge in [-0.05, 0) is 0 Å². The van der Waals surface area contributed by atoms with Gasteiger partial charge in [0.05, 0.1) is 0 Å². The van der Waals surface area contributed by atoms with Crippen molar-refractivity contribution in [1.82, 2.24) is 0 Å². The van der Waals surface area contributed by atoms with Crippen LogP contribution >= 0.6 is 24.8 Å². The molecule has 2 aromatic carbocycles. The number of hydrogen-bond acceptors (Lipinski definition) is 0. The molecule has 0 saturated carbocycles. The number of benzene rings is 2. The van der Waals surface area contributed by atoms with Crippen LogP contribution in [0.1, 0.15) is 11.1 Å². The number of halogens is 2. The Labute approximate surface area is 122 Å². The molecule has 0 N–H and O–H groups in total. The van der Waals surface area contributed by atoms with E-state index in [2.05, 4.69) is 54.6 Å². The van der Waals surface area contributed by atoms with E-state index < -0.39 is 0 Å². The van der Waals surface area contributed by atoms with E-state index in [0.717, 1.165) is 6.42 Å². The minimum absolute atomic E-state index is 0. The molecular formula is C13H13Cl2Sn. The summed E-state index contributed by atoms with van der Waals surface area (Å²) >= 11 is 1.50. The second-order valence-corrected chi connectivity index (χ2v) is 4.86. The van der Waals surface area contributed by atoms with Gasteiger partial charge in [0, 0.05) is 0 Å². The second-order valence-electron chi connectivity index (χ2n) is 3.32. The van der Waals surface area contributed by atoms with Crippen LogP contribution in [0.3, 0.4) is 0 Å². The van der Waals surface area contributed by atoms with Crippen molar-refractivity contribution in [3.63, 3.8) is 0 Å². The van der Waals surface area contributed by atoms with Crippen molar-refractivity contribution in [3.05, 3.63) is 65.7 Å². The van der Waals surface area contributed by atoms with Crippen LogP contribution in [0, 0.1) is 0 Å². The summed E-state index contributed by atoms with van der Waals surface area (Å²) in [5, 5.41) is 0. The van der Waals surface area contributed by atoms with Crippen LogP contribution in [0.4, 0.5) is 0 Å². The maximum atomic E-state index is 2.22. The van der Waals surface area contributed by atoms with Crippen LogP contribution in [0.2, 0.25) is 0 Å². The molecule has 0 spiro atoms. The molecule has 0 aromatic heterocycles. The van der Waals surface area contributed by atoms with Crippen LogP contribution in [0.15, 0.2) is 54.6 Å². The molecule has 0 unspecified atom stereocenters. The maximum absolute atomic E-state index is 2.22. The van der Waals surface area contributed by atoms with Gasteiger partial charge in [-0.15, -0.1) is 24.8 Å². The second kappa shape index (κ2) is 7.99. The molecule has 0 fully saturated rings. The molecule has 83 valence electrons. The van der Waals surface area contributed by atoms with Gasteiger partial charge in [-0.3, -0.25) is 0 Å². The van der Waals surface area contributed by atoms with Gasteiger partial charge < -0.3 is 0 Å². The van der Waals surface area contributed by atoms with Gasteiger partial charge >= 0.3 is 98.2 Å². The van der Waals surface area contributed by atoms with Crippen molar-refractivity contribution in [3.8, 4) is 0 Å². The SMILES string of the molecule is Cl.Cl.[Sn][c]1ccccc1Cc1ccccc1. The molecule has 0 amide bonds. The molecule has 0 saturated heterocycles. The summed E-state index contributed by atoms with van der Waals surface area (Å²) < 4.78 is 1.46. The predicted molar refractivity (Wildman–Crippen MR) is 75.6 cm³/mol. The third-order valence-corrected chi connectivity index (χ3v) is 3.65. The third kappa shape index (κ3) is 4.36. The Hall–Kier alpha value is -0.181. The minimum atomic E-state index is 0.